The molecule has 0 amide bonds. The Balaban J connectivity index is 2.10. The lowest BCUT2D eigenvalue weighted by atomic mass is 9.99. The zero-order chi connectivity index (χ0) is 12.3. The van der Waals surface area contributed by atoms with Crippen molar-refractivity contribution in [2.24, 2.45) is 0 Å². The Kier molecular flexibility index (Phi) is 3.48. The first-order valence-electron chi connectivity index (χ1n) is 6.06. The molecule has 0 aliphatic carbocycles. The summed E-state index contributed by atoms with van der Waals surface area (Å²) in [7, 11) is 0. The maximum absolute atomic E-state index is 5.96. The van der Waals surface area contributed by atoms with E-state index in [1.165, 1.54) is 22.3 Å². The zero-order valence-electron chi connectivity index (χ0n) is 10.5. The first-order valence-corrected chi connectivity index (χ1v) is 6.06. The molecule has 88 valence electrons. The Morgan fingerprint density at radius 3 is 1.94 bits per heavy atom. The van der Waals surface area contributed by atoms with Crippen molar-refractivity contribution >= 4 is 5.69 Å². The summed E-state index contributed by atoms with van der Waals surface area (Å²) in [5, 5.41) is 0. The highest BCUT2D eigenvalue weighted by Gasteiger charge is 2.02. The van der Waals surface area contributed by atoms with Gasteiger partial charge in [-0.1, -0.05) is 42.5 Å². The number of hydrogen-bond donors (Lipinski definition) is 1. The van der Waals surface area contributed by atoms with Gasteiger partial charge in [-0.2, -0.15) is 0 Å². The summed E-state index contributed by atoms with van der Waals surface area (Å²) in [6, 6.07) is 15.0. The second-order valence-electron chi connectivity index (χ2n) is 4.63. The predicted octanol–water partition coefficient (Wildman–Crippen LogP) is 3.67. The number of nitrogen functional groups attached to an aromatic ring is 1. The summed E-state index contributed by atoms with van der Waals surface area (Å²) in [6.45, 7) is 4.16. The van der Waals surface area contributed by atoms with Gasteiger partial charge in [-0.15, -0.1) is 0 Å². The van der Waals surface area contributed by atoms with Gasteiger partial charge in [0.05, 0.1) is 0 Å². The molecule has 17 heavy (non-hydrogen) atoms. The molecule has 0 aliphatic heterocycles. The van der Waals surface area contributed by atoms with Crippen molar-refractivity contribution in [3.05, 3.63) is 64.7 Å². The number of aryl methyl sites for hydroxylation is 4. The molecule has 2 aromatic carbocycles. The molecule has 0 unspecified atom stereocenters. The quantitative estimate of drug-likeness (QED) is 0.792. The molecule has 0 aliphatic rings. The molecule has 0 saturated carbocycles. The van der Waals surface area contributed by atoms with Crippen LogP contribution >= 0.6 is 0 Å². The van der Waals surface area contributed by atoms with Crippen molar-refractivity contribution in [3.8, 4) is 0 Å². The monoisotopic (exact) mass is 225 g/mol. The van der Waals surface area contributed by atoms with Crippen molar-refractivity contribution < 1.29 is 0 Å². The van der Waals surface area contributed by atoms with Crippen LogP contribution in [0.2, 0.25) is 0 Å². The normalized spacial score (nSPS) is 10.5. The smallest absolute Gasteiger partial charge is 0.0373 e. The fraction of sp³-hybridized carbons (Fsp3) is 0.250. The lowest BCUT2D eigenvalue weighted by Crippen LogP contribution is -1.98. The molecular weight excluding hydrogens is 206 g/mol. The van der Waals surface area contributed by atoms with Crippen LogP contribution in [0.1, 0.15) is 22.3 Å². The number of benzene rings is 2. The lowest BCUT2D eigenvalue weighted by Gasteiger charge is -2.09. The maximum atomic E-state index is 5.96. The molecule has 0 radical (unpaired) electrons. The number of anilines is 1. The van der Waals surface area contributed by atoms with Gasteiger partial charge in [-0.25, -0.2) is 0 Å². The van der Waals surface area contributed by atoms with Gasteiger partial charge < -0.3 is 5.73 Å². The van der Waals surface area contributed by atoms with E-state index in [0.29, 0.717) is 0 Å². The van der Waals surface area contributed by atoms with E-state index in [2.05, 4.69) is 56.3 Å². The highest BCUT2D eigenvalue weighted by molar-refractivity contribution is 5.54. The Hall–Kier alpha value is -1.76. The Labute approximate surface area is 103 Å². The molecule has 0 saturated heterocycles. The van der Waals surface area contributed by atoms with E-state index in [9.17, 15) is 0 Å². The minimum Gasteiger partial charge on any atom is -0.398 e. The fourth-order valence-electron chi connectivity index (χ4n) is 2.14. The number of hydrogen-bond acceptors (Lipinski definition) is 1. The van der Waals surface area contributed by atoms with E-state index in [1.807, 2.05) is 0 Å². The van der Waals surface area contributed by atoms with Crippen LogP contribution < -0.4 is 5.73 Å². The summed E-state index contributed by atoms with van der Waals surface area (Å²) in [4.78, 5) is 0. The first-order chi connectivity index (χ1) is 8.16. The molecule has 2 N–H and O–H groups in total. The standard InChI is InChI=1S/C16H19N/c1-12-10-15(11-13(2)16(12)17)9-8-14-6-4-3-5-7-14/h3-7,10-11H,8-9,17H2,1-2H3. The van der Waals surface area contributed by atoms with Crippen molar-refractivity contribution in [1.29, 1.82) is 0 Å². The Morgan fingerprint density at radius 2 is 1.35 bits per heavy atom. The highest BCUT2D eigenvalue weighted by atomic mass is 14.6. The van der Waals surface area contributed by atoms with E-state index in [1.54, 1.807) is 0 Å². The van der Waals surface area contributed by atoms with Crippen LogP contribution in [-0.4, -0.2) is 0 Å². The van der Waals surface area contributed by atoms with Crippen LogP contribution in [0.15, 0.2) is 42.5 Å². The van der Waals surface area contributed by atoms with Crippen LogP contribution in [0, 0.1) is 13.8 Å². The van der Waals surface area contributed by atoms with Crippen LogP contribution in [0.25, 0.3) is 0 Å². The van der Waals surface area contributed by atoms with Gasteiger partial charge in [0.1, 0.15) is 0 Å². The third kappa shape index (κ3) is 2.88. The van der Waals surface area contributed by atoms with Gasteiger partial charge >= 0.3 is 0 Å². The fourth-order valence-corrected chi connectivity index (χ4v) is 2.14. The molecular formula is C16H19N. The molecule has 1 heteroatoms. The molecule has 0 bridgehead atoms. The third-order valence-electron chi connectivity index (χ3n) is 3.20. The maximum Gasteiger partial charge on any atom is 0.0373 e. The molecule has 0 fully saturated rings. The van der Waals surface area contributed by atoms with Gasteiger partial charge in [0.15, 0.2) is 0 Å². The van der Waals surface area contributed by atoms with E-state index < -0.39 is 0 Å². The number of nitrogens with two attached hydrogens (primary N) is 1. The molecule has 0 aromatic heterocycles. The number of rotatable bonds is 3. The van der Waals surface area contributed by atoms with Crippen LogP contribution in [0.4, 0.5) is 5.69 Å². The second kappa shape index (κ2) is 5.05. The van der Waals surface area contributed by atoms with Gasteiger partial charge in [0.25, 0.3) is 0 Å². The summed E-state index contributed by atoms with van der Waals surface area (Å²) in [6.07, 6.45) is 2.16. The van der Waals surface area contributed by atoms with Crippen molar-refractivity contribution in [2.75, 3.05) is 5.73 Å². The molecule has 2 aromatic rings. The largest absolute Gasteiger partial charge is 0.398 e. The van der Waals surface area contributed by atoms with Crippen molar-refractivity contribution in [1.82, 2.24) is 0 Å². The third-order valence-corrected chi connectivity index (χ3v) is 3.20. The van der Waals surface area contributed by atoms with E-state index in [0.717, 1.165) is 18.5 Å². The summed E-state index contributed by atoms with van der Waals surface area (Å²) >= 11 is 0. The van der Waals surface area contributed by atoms with Crippen LogP contribution in [-0.2, 0) is 12.8 Å². The average Bonchev–Trinajstić information content (AvgIpc) is 2.34. The molecule has 0 heterocycles. The van der Waals surface area contributed by atoms with Gasteiger partial charge in [0.2, 0.25) is 0 Å². The van der Waals surface area contributed by atoms with Crippen LogP contribution in [0.5, 0.6) is 0 Å². The first kappa shape index (κ1) is 11.7. The van der Waals surface area contributed by atoms with E-state index in [4.69, 9.17) is 5.73 Å². The van der Waals surface area contributed by atoms with E-state index in [-0.39, 0.29) is 0 Å². The van der Waals surface area contributed by atoms with Gasteiger partial charge in [-0.3, -0.25) is 0 Å². The summed E-state index contributed by atoms with van der Waals surface area (Å²) < 4.78 is 0. The Bertz CT molecular complexity index is 477. The lowest BCUT2D eigenvalue weighted by molar-refractivity contribution is 0.956. The van der Waals surface area contributed by atoms with E-state index >= 15 is 0 Å². The second-order valence-corrected chi connectivity index (χ2v) is 4.63. The molecule has 1 nitrogen and oxygen atoms in total. The summed E-state index contributed by atoms with van der Waals surface area (Å²) in [5.41, 5.74) is 12.0. The molecule has 2 rings (SSSR count). The summed E-state index contributed by atoms with van der Waals surface area (Å²) in [5.74, 6) is 0. The van der Waals surface area contributed by atoms with Crippen LogP contribution in [0.3, 0.4) is 0 Å². The SMILES string of the molecule is Cc1cc(CCc2ccccc2)cc(C)c1N. The molecule has 0 spiro atoms. The average molecular weight is 225 g/mol. The predicted molar refractivity (Wildman–Crippen MR) is 74.2 cm³/mol. The minimum absolute atomic E-state index is 0.925. The molecule has 0 atom stereocenters. The minimum atomic E-state index is 0.925. The Morgan fingerprint density at radius 1 is 0.824 bits per heavy atom. The highest BCUT2D eigenvalue weighted by Crippen LogP contribution is 2.19. The van der Waals surface area contributed by atoms with Gasteiger partial charge in [-0.05, 0) is 48.9 Å². The topological polar surface area (TPSA) is 26.0 Å². The van der Waals surface area contributed by atoms with Crippen molar-refractivity contribution in [2.45, 2.75) is 26.7 Å². The van der Waals surface area contributed by atoms with Gasteiger partial charge in [0, 0.05) is 5.69 Å². The van der Waals surface area contributed by atoms with Crippen molar-refractivity contribution in [3.63, 3.8) is 0 Å². The zero-order valence-corrected chi connectivity index (χ0v) is 10.5.